The van der Waals surface area contributed by atoms with Crippen molar-refractivity contribution in [3.8, 4) is 0 Å². The smallest absolute Gasteiger partial charge is 0.264 e. The van der Waals surface area contributed by atoms with Gasteiger partial charge in [-0.1, -0.05) is 0 Å². The number of carbonyl (C=O) groups is 2. The molecule has 1 aromatic rings. The molecule has 0 bridgehead atoms. The zero-order valence-corrected chi connectivity index (χ0v) is 16.4. The first kappa shape index (κ1) is 20.2. The van der Waals surface area contributed by atoms with Crippen molar-refractivity contribution >= 4 is 35.6 Å². The highest BCUT2D eigenvalue weighted by molar-refractivity contribution is 7.13. The summed E-state index contributed by atoms with van der Waals surface area (Å²) in [7, 11) is 1.63. The van der Waals surface area contributed by atoms with Gasteiger partial charge in [0.25, 0.3) is 11.8 Å². The van der Waals surface area contributed by atoms with E-state index in [1.54, 1.807) is 7.11 Å². The molecule has 2 aliphatic rings. The van der Waals surface area contributed by atoms with E-state index in [-0.39, 0.29) is 24.2 Å². The molecule has 140 valence electrons. The summed E-state index contributed by atoms with van der Waals surface area (Å²) in [5.74, 6) is 0.147. The van der Waals surface area contributed by atoms with E-state index >= 15 is 0 Å². The number of aryl methyl sites for hydroxylation is 1. The van der Waals surface area contributed by atoms with Crippen molar-refractivity contribution in [2.75, 3.05) is 46.4 Å². The molecule has 3 heterocycles. The van der Waals surface area contributed by atoms with E-state index in [2.05, 4.69) is 5.32 Å². The molecule has 0 unspecified atom stereocenters. The van der Waals surface area contributed by atoms with Gasteiger partial charge < -0.3 is 19.9 Å². The number of rotatable bonds is 3. The maximum atomic E-state index is 12.9. The fourth-order valence-electron chi connectivity index (χ4n) is 3.44. The Hall–Kier alpha value is -1.15. The summed E-state index contributed by atoms with van der Waals surface area (Å²) in [6.07, 6.45) is 1.41. The van der Waals surface area contributed by atoms with E-state index in [1.165, 1.54) is 11.3 Å². The number of hydrogen-bond acceptors (Lipinski definition) is 5. The predicted molar refractivity (Wildman–Crippen MR) is 101 cm³/mol. The normalized spacial score (nSPS) is 20.1. The van der Waals surface area contributed by atoms with Crippen molar-refractivity contribution < 1.29 is 14.3 Å². The van der Waals surface area contributed by atoms with Crippen LogP contribution in [-0.2, 0) is 9.53 Å². The molecular weight excluding hydrogens is 362 g/mol. The molecule has 3 rings (SSSR count). The predicted octanol–water partition coefficient (Wildman–Crippen LogP) is 1.53. The number of thiophene rings is 1. The highest BCUT2D eigenvalue weighted by atomic mass is 35.5. The SMILES string of the molecule is COC1(C(=O)N2CCN(C(=O)c3ccc(C)s3)CC2)CCNCC1.Cl. The minimum atomic E-state index is -0.692. The first-order chi connectivity index (χ1) is 11.6. The van der Waals surface area contributed by atoms with Gasteiger partial charge in [-0.3, -0.25) is 9.59 Å². The van der Waals surface area contributed by atoms with Crippen LogP contribution in [0.3, 0.4) is 0 Å². The topological polar surface area (TPSA) is 61.9 Å². The molecule has 0 saturated carbocycles. The zero-order chi connectivity index (χ0) is 17.2. The van der Waals surface area contributed by atoms with Crippen LogP contribution in [0.1, 0.15) is 27.4 Å². The molecule has 0 spiro atoms. The second kappa shape index (κ2) is 8.49. The second-order valence-electron chi connectivity index (χ2n) is 6.44. The average Bonchev–Trinajstić information content (AvgIpc) is 3.07. The van der Waals surface area contributed by atoms with Crippen LogP contribution in [0.25, 0.3) is 0 Å². The van der Waals surface area contributed by atoms with Gasteiger partial charge >= 0.3 is 0 Å². The minimum absolute atomic E-state index is 0. The van der Waals surface area contributed by atoms with Gasteiger partial charge in [-0.2, -0.15) is 0 Å². The van der Waals surface area contributed by atoms with Gasteiger partial charge in [0.2, 0.25) is 0 Å². The molecule has 0 aromatic carbocycles. The standard InChI is InChI=1S/C17H25N3O3S.ClH/c1-13-3-4-14(24-13)15(21)19-9-11-20(12-10-19)16(22)17(23-2)5-7-18-8-6-17;/h3-4,18H,5-12H2,1-2H3;1H. The average molecular weight is 388 g/mol. The fraction of sp³-hybridized carbons (Fsp3) is 0.647. The lowest BCUT2D eigenvalue weighted by atomic mass is 9.90. The lowest BCUT2D eigenvalue weighted by molar-refractivity contribution is -0.159. The monoisotopic (exact) mass is 387 g/mol. The Bertz CT molecular complexity index is 608. The van der Waals surface area contributed by atoms with Crippen LogP contribution in [-0.4, -0.2) is 73.6 Å². The van der Waals surface area contributed by atoms with Gasteiger partial charge in [0.1, 0.15) is 5.60 Å². The molecular formula is C17H26ClN3O3S. The molecule has 1 N–H and O–H groups in total. The van der Waals surface area contributed by atoms with E-state index in [0.29, 0.717) is 39.0 Å². The Balaban J connectivity index is 0.00000225. The Morgan fingerprint density at radius 2 is 1.72 bits per heavy atom. The Morgan fingerprint density at radius 1 is 1.12 bits per heavy atom. The van der Waals surface area contributed by atoms with Crippen LogP contribution in [0, 0.1) is 6.92 Å². The number of nitrogens with zero attached hydrogens (tertiary/aromatic N) is 2. The van der Waals surface area contributed by atoms with Crippen LogP contribution in [0.2, 0.25) is 0 Å². The van der Waals surface area contributed by atoms with Crippen molar-refractivity contribution in [1.82, 2.24) is 15.1 Å². The number of piperazine rings is 1. The minimum Gasteiger partial charge on any atom is -0.368 e. The van der Waals surface area contributed by atoms with Gasteiger partial charge in [-0.25, -0.2) is 0 Å². The summed E-state index contributed by atoms with van der Waals surface area (Å²) in [4.78, 5) is 31.1. The van der Waals surface area contributed by atoms with E-state index in [1.807, 2.05) is 28.9 Å². The maximum Gasteiger partial charge on any atom is 0.264 e. The van der Waals surface area contributed by atoms with Gasteiger partial charge in [-0.05, 0) is 45.0 Å². The molecule has 2 amide bonds. The van der Waals surface area contributed by atoms with E-state index in [4.69, 9.17) is 4.74 Å². The molecule has 2 saturated heterocycles. The number of ether oxygens (including phenoxy) is 1. The summed E-state index contributed by atoms with van der Waals surface area (Å²) in [6.45, 7) is 5.92. The largest absolute Gasteiger partial charge is 0.368 e. The van der Waals surface area contributed by atoms with Crippen LogP contribution in [0.5, 0.6) is 0 Å². The highest BCUT2D eigenvalue weighted by Gasteiger charge is 2.43. The molecule has 25 heavy (non-hydrogen) atoms. The van der Waals surface area contributed by atoms with Crippen LogP contribution in [0.4, 0.5) is 0 Å². The van der Waals surface area contributed by atoms with Gasteiger partial charge in [0.15, 0.2) is 0 Å². The molecule has 0 aliphatic carbocycles. The first-order valence-electron chi connectivity index (χ1n) is 8.47. The van der Waals surface area contributed by atoms with Gasteiger partial charge in [0, 0.05) is 38.2 Å². The third-order valence-electron chi connectivity index (χ3n) is 5.00. The Morgan fingerprint density at radius 3 is 2.24 bits per heavy atom. The molecule has 2 fully saturated rings. The quantitative estimate of drug-likeness (QED) is 0.854. The van der Waals surface area contributed by atoms with Crippen LogP contribution < -0.4 is 5.32 Å². The lowest BCUT2D eigenvalue weighted by Crippen LogP contribution is -2.59. The number of halogens is 1. The summed E-state index contributed by atoms with van der Waals surface area (Å²) in [5.41, 5.74) is -0.692. The Labute approximate surface area is 158 Å². The maximum absolute atomic E-state index is 12.9. The molecule has 1 aromatic heterocycles. The number of nitrogens with one attached hydrogen (secondary N) is 1. The number of amides is 2. The zero-order valence-electron chi connectivity index (χ0n) is 14.7. The number of hydrogen-bond donors (Lipinski definition) is 1. The van der Waals surface area contributed by atoms with Crippen molar-refractivity contribution in [3.05, 3.63) is 21.9 Å². The van der Waals surface area contributed by atoms with E-state index in [0.717, 1.165) is 22.8 Å². The van der Waals surface area contributed by atoms with Crippen LogP contribution in [0.15, 0.2) is 12.1 Å². The van der Waals surface area contributed by atoms with Crippen molar-refractivity contribution in [1.29, 1.82) is 0 Å². The van der Waals surface area contributed by atoms with Gasteiger partial charge in [-0.15, -0.1) is 23.7 Å². The molecule has 0 atom stereocenters. The summed E-state index contributed by atoms with van der Waals surface area (Å²) >= 11 is 1.52. The molecule has 2 aliphatic heterocycles. The number of piperidine rings is 1. The second-order valence-corrected chi connectivity index (χ2v) is 7.73. The highest BCUT2D eigenvalue weighted by Crippen LogP contribution is 2.26. The Kier molecular flexibility index (Phi) is 6.85. The summed E-state index contributed by atoms with van der Waals surface area (Å²) < 4.78 is 5.63. The van der Waals surface area contributed by atoms with Crippen LogP contribution >= 0.6 is 23.7 Å². The molecule has 6 nitrogen and oxygen atoms in total. The summed E-state index contributed by atoms with van der Waals surface area (Å²) in [6, 6.07) is 3.85. The van der Waals surface area contributed by atoms with E-state index in [9.17, 15) is 9.59 Å². The fourth-order valence-corrected chi connectivity index (χ4v) is 4.28. The van der Waals surface area contributed by atoms with Crippen molar-refractivity contribution in [3.63, 3.8) is 0 Å². The summed E-state index contributed by atoms with van der Waals surface area (Å²) in [5, 5.41) is 3.27. The van der Waals surface area contributed by atoms with E-state index < -0.39 is 5.60 Å². The third-order valence-corrected chi connectivity index (χ3v) is 5.99. The lowest BCUT2D eigenvalue weighted by Gasteiger charge is -2.42. The third kappa shape index (κ3) is 4.16. The number of carbonyl (C=O) groups excluding carboxylic acids is 2. The molecule has 8 heteroatoms. The van der Waals surface area contributed by atoms with Gasteiger partial charge in [0.05, 0.1) is 4.88 Å². The van der Waals surface area contributed by atoms with Crippen molar-refractivity contribution in [2.24, 2.45) is 0 Å². The molecule has 0 radical (unpaired) electrons. The first-order valence-corrected chi connectivity index (χ1v) is 9.28. The number of methoxy groups -OCH3 is 1. The van der Waals surface area contributed by atoms with Crippen molar-refractivity contribution in [2.45, 2.75) is 25.4 Å².